The van der Waals surface area contributed by atoms with Crippen molar-refractivity contribution in [1.29, 1.82) is 0 Å². The first-order valence-corrected chi connectivity index (χ1v) is 8.29. The van der Waals surface area contributed by atoms with E-state index in [-0.39, 0.29) is 6.42 Å². The number of hydrogen-bond donors (Lipinski definition) is 0. The van der Waals surface area contributed by atoms with Crippen LogP contribution in [0.4, 0.5) is 39.5 Å². The van der Waals surface area contributed by atoms with Crippen molar-refractivity contribution in [1.82, 2.24) is 0 Å². The lowest BCUT2D eigenvalue weighted by molar-refractivity contribution is -0.303. The number of alkyl halides is 10. The van der Waals surface area contributed by atoms with Crippen molar-refractivity contribution in [2.45, 2.75) is 78.7 Å². The Morgan fingerprint density at radius 3 is 1.52 bits per heavy atom. The normalized spacial score (nSPS) is 27.8. The van der Waals surface area contributed by atoms with E-state index in [2.05, 4.69) is 0 Å². The molecule has 0 bridgehead atoms. The number of halogens is 10. The molecule has 1 rings (SSSR count). The molecule has 0 nitrogen and oxygen atoms in total. The Labute approximate surface area is 141 Å². The molecule has 10 heteroatoms. The maximum absolute atomic E-state index is 14.2. The minimum atomic E-state index is -6.46. The molecular formula is C13H16F9I. The van der Waals surface area contributed by atoms with E-state index < -0.39 is 39.7 Å². The third-order valence-corrected chi connectivity index (χ3v) is 5.12. The summed E-state index contributed by atoms with van der Waals surface area (Å²) in [5, 5.41) is 0. The summed E-state index contributed by atoms with van der Waals surface area (Å²) in [5.74, 6) is -25.3. The molecule has 0 radical (unpaired) electrons. The van der Waals surface area contributed by atoms with Gasteiger partial charge in [-0.05, 0) is 6.42 Å². The summed E-state index contributed by atoms with van der Waals surface area (Å²) < 4.78 is 119. The van der Waals surface area contributed by atoms with Crippen LogP contribution in [-0.2, 0) is 0 Å². The molecule has 0 aliphatic heterocycles. The van der Waals surface area contributed by atoms with Gasteiger partial charge >= 0.3 is 23.7 Å². The second-order valence-corrected chi connectivity index (χ2v) is 7.51. The van der Waals surface area contributed by atoms with E-state index in [1.54, 1.807) is 0 Å². The van der Waals surface area contributed by atoms with Crippen molar-refractivity contribution in [3.05, 3.63) is 0 Å². The Balaban J connectivity index is 3.03. The Kier molecular flexibility index (Phi) is 5.92. The predicted octanol–water partition coefficient (Wildman–Crippen LogP) is 6.41. The maximum Gasteiger partial charge on any atom is 0.381 e. The lowest BCUT2D eigenvalue weighted by Gasteiger charge is -2.32. The molecule has 1 saturated carbocycles. The minimum Gasteiger partial charge on any atom is -0.230 e. The van der Waals surface area contributed by atoms with Crippen molar-refractivity contribution in [2.24, 2.45) is 0 Å². The molecule has 0 saturated heterocycles. The molecule has 0 aromatic heterocycles. The Hall–Kier alpha value is 0.1000. The number of unbranched alkanes of at least 4 members (excludes halogenated alkanes) is 3. The maximum atomic E-state index is 14.2. The molecule has 0 aromatic carbocycles. The van der Waals surface area contributed by atoms with Gasteiger partial charge in [-0.2, -0.15) is 35.1 Å². The average molecular weight is 470 g/mol. The standard InChI is InChI=1S/C13H16F9I/c1-2-3-4-5-6-8(23)7-9(14)10(15,16)12(19,20)13(21,22)11(9,17)18/h8H,2-7H2,1H3. The highest BCUT2D eigenvalue weighted by Gasteiger charge is 3.00. The van der Waals surface area contributed by atoms with Crippen LogP contribution in [-0.4, -0.2) is 33.3 Å². The highest BCUT2D eigenvalue weighted by atomic mass is 127. The van der Waals surface area contributed by atoms with Crippen LogP contribution in [0.5, 0.6) is 0 Å². The van der Waals surface area contributed by atoms with E-state index in [1.165, 1.54) is 22.6 Å². The fourth-order valence-electron chi connectivity index (χ4n) is 2.55. The molecular weight excluding hydrogens is 454 g/mol. The van der Waals surface area contributed by atoms with Gasteiger partial charge in [-0.3, -0.25) is 0 Å². The molecule has 1 aliphatic rings. The zero-order valence-corrected chi connectivity index (χ0v) is 14.3. The average Bonchev–Trinajstić information content (AvgIpc) is 2.46. The summed E-state index contributed by atoms with van der Waals surface area (Å²) in [6, 6.07) is 0. The Morgan fingerprint density at radius 2 is 1.13 bits per heavy atom. The SMILES string of the molecule is CCCCCCC(I)CC1(F)C(F)(F)C(F)(F)C(F)(F)C1(F)F. The molecule has 138 valence electrons. The van der Waals surface area contributed by atoms with E-state index in [0.717, 1.165) is 12.8 Å². The number of rotatable bonds is 7. The lowest BCUT2D eigenvalue weighted by atomic mass is 9.90. The van der Waals surface area contributed by atoms with Crippen molar-refractivity contribution >= 4 is 22.6 Å². The Bertz CT molecular complexity index is 396. The molecule has 1 unspecified atom stereocenters. The molecule has 1 fully saturated rings. The third-order valence-electron chi connectivity index (χ3n) is 4.05. The van der Waals surface area contributed by atoms with Crippen LogP contribution in [0.25, 0.3) is 0 Å². The van der Waals surface area contributed by atoms with Crippen LogP contribution < -0.4 is 0 Å². The topological polar surface area (TPSA) is 0 Å². The van der Waals surface area contributed by atoms with Crippen molar-refractivity contribution in [3.63, 3.8) is 0 Å². The minimum absolute atomic E-state index is 0.00443. The fourth-order valence-corrected chi connectivity index (χ4v) is 3.59. The van der Waals surface area contributed by atoms with E-state index in [9.17, 15) is 39.5 Å². The van der Waals surface area contributed by atoms with E-state index in [0.29, 0.717) is 12.8 Å². The summed E-state index contributed by atoms with van der Waals surface area (Å²) in [5.41, 5.74) is -5.30. The lowest BCUT2D eigenvalue weighted by Crippen LogP contribution is -2.55. The summed E-state index contributed by atoms with van der Waals surface area (Å²) in [6.07, 6.45) is 0.816. The predicted molar refractivity (Wildman–Crippen MR) is 74.8 cm³/mol. The van der Waals surface area contributed by atoms with E-state index in [4.69, 9.17) is 0 Å². The van der Waals surface area contributed by atoms with E-state index in [1.807, 2.05) is 6.92 Å². The molecule has 0 N–H and O–H groups in total. The van der Waals surface area contributed by atoms with Crippen LogP contribution in [0.2, 0.25) is 0 Å². The van der Waals surface area contributed by atoms with Crippen LogP contribution in [0.3, 0.4) is 0 Å². The van der Waals surface area contributed by atoms with Crippen molar-refractivity contribution in [3.8, 4) is 0 Å². The highest BCUT2D eigenvalue weighted by Crippen LogP contribution is 2.70. The third kappa shape index (κ3) is 2.84. The highest BCUT2D eigenvalue weighted by molar-refractivity contribution is 14.1. The molecule has 0 heterocycles. The van der Waals surface area contributed by atoms with Gasteiger partial charge in [-0.1, -0.05) is 55.2 Å². The molecule has 1 atom stereocenters. The summed E-state index contributed by atoms with van der Waals surface area (Å²) >= 11 is 1.35. The van der Waals surface area contributed by atoms with Gasteiger partial charge in [-0.15, -0.1) is 0 Å². The molecule has 23 heavy (non-hydrogen) atoms. The molecule has 0 amide bonds. The van der Waals surface area contributed by atoms with Gasteiger partial charge in [0.2, 0.25) is 0 Å². The van der Waals surface area contributed by atoms with Gasteiger partial charge in [0.25, 0.3) is 5.67 Å². The Morgan fingerprint density at radius 1 is 0.696 bits per heavy atom. The first-order chi connectivity index (χ1) is 10.2. The zero-order chi connectivity index (χ0) is 18.3. The second kappa shape index (κ2) is 6.44. The van der Waals surface area contributed by atoms with Crippen molar-refractivity contribution < 1.29 is 39.5 Å². The van der Waals surface area contributed by atoms with Gasteiger partial charge in [-0.25, -0.2) is 4.39 Å². The first kappa shape index (κ1) is 21.1. The molecule has 0 spiro atoms. The smallest absolute Gasteiger partial charge is 0.230 e. The summed E-state index contributed by atoms with van der Waals surface area (Å²) in [4.78, 5) is 0. The quantitative estimate of drug-likeness (QED) is 0.175. The van der Waals surface area contributed by atoms with Crippen LogP contribution in [0.15, 0.2) is 0 Å². The number of hydrogen-bond acceptors (Lipinski definition) is 0. The first-order valence-electron chi connectivity index (χ1n) is 7.05. The van der Waals surface area contributed by atoms with Crippen molar-refractivity contribution in [2.75, 3.05) is 0 Å². The van der Waals surface area contributed by atoms with Gasteiger partial charge in [0.15, 0.2) is 0 Å². The molecule has 0 aromatic rings. The van der Waals surface area contributed by atoms with Gasteiger partial charge in [0.05, 0.1) is 0 Å². The van der Waals surface area contributed by atoms with Crippen LogP contribution in [0.1, 0.15) is 45.4 Å². The monoisotopic (exact) mass is 470 g/mol. The largest absolute Gasteiger partial charge is 0.381 e. The summed E-state index contributed by atoms with van der Waals surface area (Å²) in [7, 11) is 0. The summed E-state index contributed by atoms with van der Waals surface area (Å²) in [6.45, 7) is 1.88. The van der Waals surface area contributed by atoms with Gasteiger partial charge in [0, 0.05) is 10.3 Å². The van der Waals surface area contributed by atoms with Gasteiger partial charge in [0.1, 0.15) is 0 Å². The van der Waals surface area contributed by atoms with Crippen LogP contribution >= 0.6 is 22.6 Å². The zero-order valence-electron chi connectivity index (χ0n) is 12.1. The molecule has 1 aliphatic carbocycles. The fraction of sp³-hybridized carbons (Fsp3) is 1.00. The van der Waals surface area contributed by atoms with Gasteiger partial charge < -0.3 is 0 Å². The van der Waals surface area contributed by atoms with Crippen LogP contribution in [0, 0.1) is 0 Å². The second-order valence-electron chi connectivity index (χ2n) is 5.75. The van der Waals surface area contributed by atoms with E-state index >= 15 is 0 Å².